The van der Waals surface area contributed by atoms with E-state index in [1.165, 1.54) is 0 Å². The minimum atomic E-state index is 0.0488. The molecule has 1 aliphatic heterocycles. The molecule has 0 aromatic rings. The van der Waals surface area contributed by atoms with Crippen molar-refractivity contribution in [3.8, 4) is 0 Å². The van der Waals surface area contributed by atoms with Crippen molar-refractivity contribution < 1.29 is 9.53 Å². The van der Waals surface area contributed by atoms with Crippen molar-refractivity contribution in [2.24, 2.45) is 16.7 Å². The molecule has 0 aromatic heterocycles. The van der Waals surface area contributed by atoms with E-state index in [2.05, 4.69) is 39.5 Å². The van der Waals surface area contributed by atoms with E-state index in [1.54, 1.807) is 11.8 Å². The molecule has 0 bridgehead atoms. The number of carbonyl (C=O) groups is 1. The van der Waals surface area contributed by atoms with Crippen LogP contribution in [-0.4, -0.2) is 39.6 Å². The van der Waals surface area contributed by atoms with Crippen LogP contribution in [0.1, 0.15) is 60.8 Å². The summed E-state index contributed by atoms with van der Waals surface area (Å²) in [6.07, 6.45) is 2.85. The zero-order chi connectivity index (χ0) is 17.4. The van der Waals surface area contributed by atoms with Crippen molar-refractivity contribution in [2.45, 2.75) is 72.1 Å². The molecular formula is C18H31NO2S2. The molecule has 3 atom stereocenters. The van der Waals surface area contributed by atoms with Crippen LogP contribution in [0, 0.1) is 16.7 Å². The van der Waals surface area contributed by atoms with Crippen molar-refractivity contribution in [3.05, 3.63) is 0 Å². The molecule has 0 N–H and O–H groups in total. The predicted molar refractivity (Wildman–Crippen MR) is 102 cm³/mol. The average Bonchev–Trinajstić information content (AvgIpc) is 2.57. The van der Waals surface area contributed by atoms with Crippen LogP contribution in [-0.2, 0) is 9.53 Å². The van der Waals surface area contributed by atoms with Gasteiger partial charge in [-0.1, -0.05) is 46.4 Å². The lowest BCUT2D eigenvalue weighted by Crippen LogP contribution is -2.53. The summed E-state index contributed by atoms with van der Waals surface area (Å²) in [7, 11) is 0. The summed E-state index contributed by atoms with van der Waals surface area (Å²) < 4.78 is 6.15. The van der Waals surface area contributed by atoms with Crippen molar-refractivity contribution in [1.29, 1.82) is 0 Å². The maximum Gasteiger partial charge on any atom is 0.223 e. The highest BCUT2D eigenvalue weighted by molar-refractivity contribution is 8.23. The summed E-state index contributed by atoms with van der Waals surface area (Å²) >= 11 is 7.07. The standard InChI is InChI=1S/C18H31NO2S2/c1-7-21-16(22)23-13-8-17(4,5)11-18(6)9-14(20)19(15(13)18)10-12(2)3/h12-13,15H,7-11H2,1-6H3/t13-,15+,18-/m1/s1. The van der Waals surface area contributed by atoms with Gasteiger partial charge >= 0.3 is 0 Å². The Hall–Kier alpha value is -0.290. The minimum Gasteiger partial charge on any atom is -0.479 e. The number of rotatable bonds is 4. The van der Waals surface area contributed by atoms with Crippen molar-refractivity contribution in [1.82, 2.24) is 4.90 Å². The third-order valence-electron chi connectivity index (χ3n) is 4.99. The fourth-order valence-corrected chi connectivity index (χ4v) is 6.77. The molecule has 5 heteroatoms. The largest absolute Gasteiger partial charge is 0.479 e. The number of hydrogen-bond donors (Lipinski definition) is 0. The lowest BCUT2D eigenvalue weighted by atomic mass is 9.62. The summed E-state index contributed by atoms with van der Waals surface area (Å²) in [6, 6.07) is 0.272. The monoisotopic (exact) mass is 357 g/mol. The second-order valence-electron chi connectivity index (χ2n) is 8.60. The Labute approximate surface area is 150 Å². The van der Waals surface area contributed by atoms with Crippen LogP contribution >= 0.6 is 24.0 Å². The molecule has 1 aliphatic carbocycles. The van der Waals surface area contributed by atoms with Gasteiger partial charge in [-0.2, -0.15) is 0 Å². The molecule has 0 aromatic carbocycles. The maximum absolute atomic E-state index is 12.7. The van der Waals surface area contributed by atoms with E-state index in [1.807, 2.05) is 6.92 Å². The second-order valence-corrected chi connectivity index (χ2v) is 10.4. The van der Waals surface area contributed by atoms with Crippen molar-refractivity contribution in [3.63, 3.8) is 0 Å². The SMILES string of the molecule is CCOC(=S)S[C@@H]1CC(C)(C)C[C@@]2(C)CC(=O)N(CC(C)C)[C@@H]12. The number of ether oxygens (including phenoxy) is 1. The van der Waals surface area contributed by atoms with Crippen LogP contribution in [0.25, 0.3) is 0 Å². The Morgan fingerprint density at radius 2 is 2.09 bits per heavy atom. The summed E-state index contributed by atoms with van der Waals surface area (Å²) in [6.45, 7) is 14.7. The van der Waals surface area contributed by atoms with Gasteiger partial charge in [-0.05, 0) is 48.7 Å². The van der Waals surface area contributed by atoms with Gasteiger partial charge in [-0.3, -0.25) is 4.79 Å². The number of thiocarbonyl (C=S) groups is 1. The highest BCUT2D eigenvalue weighted by Gasteiger charge is 2.57. The Balaban J connectivity index is 2.29. The highest BCUT2D eigenvalue weighted by atomic mass is 32.2. The molecule has 2 fully saturated rings. The lowest BCUT2D eigenvalue weighted by molar-refractivity contribution is -0.129. The summed E-state index contributed by atoms with van der Waals surface area (Å²) in [5.41, 5.74) is 0.284. The molecule has 0 spiro atoms. The third kappa shape index (κ3) is 4.22. The number of nitrogens with zero attached hydrogens (tertiary/aromatic N) is 1. The van der Waals surface area contributed by atoms with Crippen LogP contribution < -0.4 is 0 Å². The summed E-state index contributed by atoms with van der Waals surface area (Å²) in [5.74, 6) is 0.803. The number of hydrogen-bond acceptors (Lipinski definition) is 4. The van der Waals surface area contributed by atoms with Gasteiger partial charge in [0.2, 0.25) is 10.3 Å². The van der Waals surface area contributed by atoms with E-state index < -0.39 is 0 Å². The predicted octanol–water partition coefficient (Wildman–Crippen LogP) is 4.49. The van der Waals surface area contributed by atoms with Crippen LogP contribution in [0.15, 0.2) is 0 Å². The van der Waals surface area contributed by atoms with Crippen LogP contribution in [0.2, 0.25) is 0 Å². The van der Waals surface area contributed by atoms with Crippen LogP contribution in [0.5, 0.6) is 0 Å². The third-order valence-corrected chi connectivity index (χ3v) is 6.43. The fourth-order valence-electron chi connectivity index (χ4n) is 4.71. The molecule has 0 radical (unpaired) electrons. The maximum atomic E-state index is 12.7. The number of likely N-dealkylation sites (tertiary alicyclic amines) is 1. The van der Waals surface area contributed by atoms with E-state index in [9.17, 15) is 4.79 Å². The normalized spacial score (nSPS) is 33.0. The number of amides is 1. The number of carbonyl (C=O) groups excluding carboxylic acids is 1. The lowest BCUT2D eigenvalue weighted by Gasteiger charge is -2.50. The zero-order valence-electron chi connectivity index (χ0n) is 15.3. The van der Waals surface area contributed by atoms with Gasteiger partial charge in [0, 0.05) is 24.3 Å². The molecule has 1 saturated carbocycles. The fraction of sp³-hybridized carbons (Fsp3) is 0.889. The van der Waals surface area contributed by atoms with Crippen LogP contribution in [0.4, 0.5) is 0 Å². The first kappa shape index (κ1) is 19.0. The molecular weight excluding hydrogens is 326 g/mol. The van der Waals surface area contributed by atoms with Crippen LogP contribution in [0.3, 0.4) is 0 Å². The van der Waals surface area contributed by atoms with E-state index in [0.29, 0.717) is 34.5 Å². The van der Waals surface area contributed by atoms with Gasteiger partial charge in [0.15, 0.2) is 0 Å². The van der Waals surface area contributed by atoms with Gasteiger partial charge in [-0.15, -0.1) is 0 Å². The first-order valence-electron chi connectivity index (χ1n) is 8.71. The second kappa shape index (κ2) is 6.91. The molecule has 3 nitrogen and oxygen atoms in total. The highest BCUT2D eigenvalue weighted by Crippen LogP contribution is 2.56. The smallest absolute Gasteiger partial charge is 0.223 e. The molecule has 23 heavy (non-hydrogen) atoms. The molecule has 2 aliphatic rings. The number of thioether (sulfide) groups is 1. The van der Waals surface area contributed by atoms with Crippen molar-refractivity contribution in [2.75, 3.05) is 13.2 Å². The zero-order valence-corrected chi connectivity index (χ0v) is 17.0. The van der Waals surface area contributed by atoms with E-state index in [4.69, 9.17) is 17.0 Å². The Morgan fingerprint density at radius 1 is 1.43 bits per heavy atom. The molecule has 1 amide bonds. The van der Waals surface area contributed by atoms with Gasteiger partial charge < -0.3 is 9.64 Å². The van der Waals surface area contributed by atoms with E-state index >= 15 is 0 Å². The van der Waals surface area contributed by atoms with E-state index in [-0.39, 0.29) is 16.9 Å². The Kier molecular flexibility index (Phi) is 5.72. The Morgan fingerprint density at radius 3 is 2.65 bits per heavy atom. The Bertz CT molecular complexity index is 478. The molecule has 1 saturated heterocycles. The molecule has 0 unspecified atom stereocenters. The minimum absolute atomic E-state index is 0.0488. The first-order chi connectivity index (χ1) is 10.6. The van der Waals surface area contributed by atoms with Gasteiger partial charge in [-0.25, -0.2) is 0 Å². The van der Waals surface area contributed by atoms with Gasteiger partial charge in [0.25, 0.3) is 0 Å². The quantitative estimate of drug-likeness (QED) is 0.693. The van der Waals surface area contributed by atoms with Gasteiger partial charge in [0.1, 0.15) is 0 Å². The van der Waals surface area contributed by atoms with Crippen molar-refractivity contribution >= 4 is 34.3 Å². The van der Waals surface area contributed by atoms with Gasteiger partial charge in [0.05, 0.1) is 6.61 Å². The summed E-state index contributed by atoms with van der Waals surface area (Å²) in [4.78, 5) is 14.8. The topological polar surface area (TPSA) is 29.5 Å². The molecule has 2 rings (SSSR count). The molecule has 132 valence electrons. The number of fused-ring (bicyclic) bond motifs is 1. The van der Waals surface area contributed by atoms with E-state index in [0.717, 1.165) is 19.4 Å². The molecule has 1 heterocycles. The first-order valence-corrected chi connectivity index (χ1v) is 9.99. The summed E-state index contributed by atoms with van der Waals surface area (Å²) in [5, 5.41) is 0.327. The average molecular weight is 358 g/mol.